The van der Waals surface area contributed by atoms with Crippen molar-refractivity contribution >= 4 is 5.78 Å². The van der Waals surface area contributed by atoms with Crippen LogP contribution >= 0.6 is 0 Å². The number of aromatic nitrogens is 1. The number of ether oxygens (including phenoxy) is 1. The third kappa shape index (κ3) is 5.94. The Labute approximate surface area is 128 Å². The number of nitrogens with zero attached hydrogens (tertiary/aromatic N) is 2. The molecule has 0 aliphatic carbocycles. The minimum atomic E-state index is -0.147. The van der Waals surface area contributed by atoms with E-state index >= 15 is 0 Å². The summed E-state index contributed by atoms with van der Waals surface area (Å²) in [5.74, 6) is 0.291. The Morgan fingerprint density at radius 3 is 2.67 bits per heavy atom. The van der Waals surface area contributed by atoms with Gasteiger partial charge in [-0.15, -0.1) is 0 Å². The van der Waals surface area contributed by atoms with E-state index in [9.17, 15) is 4.79 Å². The van der Waals surface area contributed by atoms with E-state index in [1.165, 1.54) is 5.56 Å². The fourth-order valence-corrected chi connectivity index (χ4v) is 2.44. The van der Waals surface area contributed by atoms with Crippen LogP contribution in [-0.2, 0) is 16.0 Å². The van der Waals surface area contributed by atoms with Gasteiger partial charge < -0.3 is 4.74 Å². The molecule has 0 radical (unpaired) electrons. The van der Waals surface area contributed by atoms with Crippen molar-refractivity contribution in [2.75, 3.05) is 26.8 Å². The number of pyridine rings is 1. The largest absolute Gasteiger partial charge is 0.383 e. The SMILES string of the molecule is CCCN(CCc1cccnc1)C(COC)C(=O)C(C)C. The van der Waals surface area contributed by atoms with E-state index in [1.54, 1.807) is 13.3 Å². The molecule has 0 fully saturated rings. The Hall–Kier alpha value is -1.26. The summed E-state index contributed by atoms with van der Waals surface area (Å²) >= 11 is 0. The monoisotopic (exact) mass is 292 g/mol. The van der Waals surface area contributed by atoms with E-state index in [1.807, 2.05) is 26.1 Å². The van der Waals surface area contributed by atoms with Crippen LogP contribution in [0.15, 0.2) is 24.5 Å². The molecule has 1 aromatic heterocycles. The van der Waals surface area contributed by atoms with Crippen molar-refractivity contribution in [3.8, 4) is 0 Å². The van der Waals surface area contributed by atoms with Crippen LogP contribution in [0.2, 0.25) is 0 Å². The fraction of sp³-hybridized carbons (Fsp3) is 0.647. The lowest BCUT2D eigenvalue weighted by molar-refractivity contribution is -0.129. The van der Waals surface area contributed by atoms with Crippen LogP contribution in [0.5, 0.6) is 0 Å². The first-order valence-electron chi connectivity index (χ1n) is 7.75. The topological polar surface area (TPSA) is 42.4 Å². The van der Waals surface area contributed by atoms with Crippen LogP contribution in [0, 0.1) is 5.92 Å². The summed E-state index contributed by atoms with van der Waals surface area (Å²) in [5, 5.41) is 0. The first-order valence-corrected chi connectivity index (χ1v) is 7.75. The summed E-state index contributed by atoms with van der Waals surface area (Å²) in [6.45, 7) is 8.27. The van der Waals surface area contributed by atoms with Crippen molar-refractivity contribution in [2.45, 2.75) is 39.7 Å². The zero-order chi connectivity index (χ0) is 15.7. The van der Waals surface area contributed by atoms with Crippen LogP contribution in [0.25, 0.3) is 0 Å². The van der Waals surface area contributed by atoms with Crippen LogP contribution in [0.1, 0.15) is 32.8 Å². The third-order valence-electron chi connectivity index (χ3n) is 3.58. The molecule has 0 bridgehead atoms. The lowest BCUT2D eigenvalue weighted by atomic mass is 10.00. The number of rotatable bonds is 10. The molecule has 1 aromatic rings. The van der Waals surface area contributed by atoms with E-state index in [0.717, 1.165) is 25.9 Å². The first kappa shape index (κ1) is 17.8. The Balaban J connectivity index is 2.73. The van der Waals surface area contributed by atoms with Crippen LogP contribution < -0.4 is 0 Å². The van der Waals surface area contributed by atoms with E-state index in [4.69, 9.17) is 4.74 Å². The summed E-state index contributed by atoms with van der Waals surface area (Å²) in [4.78, 5) is 18.8. The maximum atomic E-state index is 12.4. The molecule has 1 heterocycles. The number of ketones is 1. The highest BCUT2D eigenvalue weighted by molar-refractivity contribution is 5.85. The molecule has 0 N–H and O–H groups in total. The molecule has 1 unspecified atom stereocenters. The van der Waals surface area contributed by atoms with Crippen molar-refractivity contribution < 1.29 is 9.53 Å². The number of hydrogen-bond donors (Lipinski definition) is 0. The molecular weight excluding hydrogens is 264 g/mol. The summed E-state index contributed by atoms with van der Waals surface area (Å²) in [5.41, 5.74) is 1.20. The fourth-order valence-electron chi connectivity index (χ4n) is 2.44. The molecule has 1 atom stereocenters. The van der Waals surface area contributed by atoms with Gasteiger partial charge in [0.2, 0.25) is 0 Å². The molecule has 1 rings (SSSR count). The van der Waals surface area contributed by atoms with Crippen LogP contribution in [0.3, 0.4) is 0 Å². The van der Waals surface area contributed by atoms with Crippen molar-refractivity contribution in [1.29, 1.82) is 0 Å². The molecule has 118 valence electrons. The average Bonchev–Trinajstić information content (AvgIpc) is 2.49. The van der Waals surface area contributed by atoms with Gasteiger partial charge in [-0.2, -0.15) is 0 Å². The standard InChI is InChI=1S/C17H28N2O2/c1-5-10-19(11-8-15-7-6-9-18-12-15)16(13-21-4)17(20)14(2)3/h6-7,9,12,14,16H,5,8,10-11,13H2,1-4H3. The smallest absolute Gasteiger partial charge is 0.154 e. The summed E-state index contributed by atoms with van der Waals surface area (Å²) in [6.07, 6.45) is 5.60. The molecule has 0 aliphatic heterocycles. The molecule has 4 heteroatoms. The second-order valence-electron chi connectivity index (χ2n) is 5.68. The summed E-state index contributed by atoms with van der Waals surface area (Å²) in [7, 11) is 1.66. The average molecular weight is 292 g/mol. The zero-order valence-corrected chi connectivity index (χ0v) is 13.7. The van der Waals surface area contributed by atoms with E-state index in [2.05, 4.69) is 22.9 Å². The number of methoxy groups -OCH3 is 1. The van der Waals surface area contributed by atoms with Gasteiger partial charge in [-0.3, -0.25) is 14.7 Å². The van der Waals surface area contributed by atoms with Gasteiger partial charge in [0.05, 0.1) is 12.6 Å². The van der Waals surface area contributed by atoms with Gasteiger partial charge in [0.15, 0.2) is 5.78 Å². The third-order valence-corrected chi connectivity index (χ3v) is 3.58. The highest BCUT2D eigenvalue weighted by atomic mass is 16.5. The van der Waals surface area contributed by atoms with Gasteiger partial charge >= 0.3 is 0 Å². The summed E-state index contributed by atoms with van der Waals surface area (Å²) < 4.78 is 5.28. The normalized spacial score (nSPS) is 12.9. The molecule has 0 aliphatic rings. The van der Waals surface area contributed by atoms with Gasteiger partial charge in [-0.05, 0) is 31.0 Å². The first-order chi connectivity index (χ1) is 10.1. The molecule has 21 heavy (non-hydrogen) atoms. The van der Waals surface area contributed by atoms with E-state index < -0.39 is 0 Å². The lowest BCUT2D eigenvalue weighted by Crippen LogP contribution is -2.47. The molecule has 0 spiro atoms. The summed E-state index contributed by atoms with van der Waals surface area (Å²) in [6, 6.07) is 3.88. The number of carbonyl (C=O) groups excluding carboxylic acids is 1. The Morgan fingerprint density at radius 2 is 2.14 bits per heavy atom. The predicted molar refractivity (Wildman–Crippen MR) is 85.3 cm³/mol. The molecule has 4 nitrogen and oxygen atoms in total. The highest BCUT2D eigenvalue weighted by Crippen LogP contribution is 2.11. The maximum absolute atomic E-state index is 12.4. The zero-order valence-electron chi connectivity index (χ0n) is 13.7. The van der Waals surface area contributed by atoms with Gasteiger partial charge in [-0.25, -0.2) is 0 Å². The van der Waals surface area contributed by atoms with E-state index in [-0.39, 0.29) is 17.7 Å². The van der Waals surface area contributed by atoms with Crippen molar-refractivity contribution in [2.24, 2.45) is 5.92 Å². The number of carbonyl (C=O) groups is 1. The lowest BCUT2D eigenvalue weighted by Gasteiger charge is -2.31. The molecule has 0 amide bonds. The second kappa shape index (κ2) is 9.64. The Bertz CT molecular complexity index is 407. The van der Waals surface area contributed by atoms with Gasteiger partial charge in [-0.1, -0.05) is 26.8 Å². The maximum Gasteiger partial charge on any atom is 0.154 e. The molecule has 0 aromatic carbocycles. The Morgan fingerprint density at radius 1 is 1.38 bits per heavy atom. The van der Waals surface area contributed by atoms with Crippen molar-refractivity contribution in [1.82, 2.24) is 9.88 Å². The molecular formula is C17H28N2O2. The van der Waals surface area contributed by atoms with Crippen LogP contribution in [-0.4, -0.2) is 48.5 Å². The van der Waals surface area contributed by atoms with Crippen molar-refractivity contribution in [3.63, 3.8) is 0 Å². The molecule has 0 saturated heterocycles. The second-order valence-corrected chi connectivity index (χ2v) is 5.68. The predicted octanol–water partition coefficient (Wildman–Crippen LogP) is 2.58. The van der Waals surface area contributed by atoms with Gasteiger partial charge in [0.1, 0.15) is 0 Å². The van der Waals surface area contributed by atoms with E-state index in [0.29, 0.717) is 6.61 Å². The number of hydrogen-bond acceptors (Lipinski definition) is 4. The highest BCUT2D eigenvalue weighted by Gasteiger charge is 2.26. The van der Waals surface area contributed by atoms with Gasteiger partial charge in [0, 0.05) is 32.0 Å². The Kier molecular flexibility index (Phi) is 8.16. The van der Waals surface area contributed by atoms with Gasteiger partial charge in [0.25, 0.3) is 0 Å². The van der Waals surface area contributed by atoms with Crippen molar-refractivity contribution in [3.05, 3.63) is 30.1 Å². The number of Topliss-reactive ketones (excluding diaryl/α,β-unsaturated/α-hetero) is 1. The van der Waals surface area contributed by atoms with Crippen LogP contribution in [0.4, 0.5) is 0 Å². The minimum absolute atomic E-state index is 0.0305. The quantitative estimate of drug-likeness (QED) is 0.665. The minimum Gasteiger partial charge on any atom is -0.383 e. The molecule has 0 saturated carbocycles.